The Kier molecular flexibility index (Phi) is 12.6. The van der Waals surface area contributed by atoms with Crippen LogP contribution in [0.2, 0.25) is 0 Å². The van der Waals surface area contributed by atoms with Crippen LogP contribution in [0, 0.1) is 6.92 Å². The van der Waals surface area contributed by atoms with Gasteiger partial charge in [-0.15, -0.1) is 0 Å². The van der Waals surface area contributed by atoms with Gasteiger partial charge in [0, 0.05) is 6.61 Å². The van der Waals surface area contributed by atoms with Crippen molar-refractivity contribution >= 4 is 0 Å². The molecule has 0 fully saturated rings. The fourth-order valence-corrected chi connectivity index (χ4v) is 0.692. The van der Waals surface area contributed by atoms with E-state index in [2.05, 4.69) is 26.0 Å². The lowest BCUT2D eigenvalue weighted by atomic mass is 10.2. The van der Waals surface area contributed by atoms with Crippen molar-refractivity contribution in [2.75, 3.05) is 6.61 Å². The molecule has 2 nitrogen and oxygen atoms in total. The Morgan fingerprint density at radius 3 is 1.85 bits per heavy atom. The molecule has 0 saturated carbocycles. The maximum absolute atomic E-state index is 8.07. The molecule has 1 aromatic carbocycles. The zero-order chi connectivity index (χ0) is 9.23. The van der Waals surface area contributed by atoms with Crippen molar-refractivity contribution in [3.05, 3.63) is 35.9 Å². The Balaban J connectivity index is 0. The van der Waals surface area contributed by atoms with E-state index in [4.69, 9.17) is 5.11 Å². The van der Waals surface area contributed by atoms with Gasteiger partial charge in [-0.2, -0.15) is 0 Å². The van der Waals surface area contributed by atoms with Gasteiger partial charge < -0.3 is 10.6 Å². The number of rotatable bonds is 2. The second-order valence-electron chi connectivity index (χ2n) is 2.73. The van der Waals surface area contributed by atoms with Crippen LogP contribution in [-0.4, -0.2) is 17.2 Å². The first-order chi connectivity index (χ1) is 5.81. The Morgan fingerprint density at radius 1 is 1.15 bits per heavy atom. The predicted octanol–water partition coefficient (Wildman–Crippen LogP) is 1.95. The topological polar surface area (TPSA) is 51.7 Å². The molecular weight excluding hydrogens is 164 g/mol. The molecule has 0 aromatic heterocycles. The Bertz CT molecular complexity index is 171. The van der Waals surface area contributed by atoms with Gasteiger partial charge in [0.2, 0.25) is 0 Å². The average Bonchev–Trinajstić information content (AvgIpc) is 2.08. The van der Waals surface area contributed by atoms with Gasteiger partial charge in [-0.05, 0) is 13.3 Å². The molecule has 1 aromatic rings. The molecule has 0 aliphatic carbocycles. The first-order valence-corrected chi connectivity index (χ1v) is 4.43. The minimum Gasteiger partial charge on any atom is -0.412 e. The van der Waals surface area contributed by atoms with E-state index in [1.807, 2.05) is 18.2 Å². The highest BCUT2D eigenvalue weighted by molar-refractivity contribution is 5.11. The van der Waals surface area contributed by atoms with Gasteiger partial charge in [0.05, 0.1) is 0 Å². The summed E-state index contributed by atoms with van der Waals surface area (Å²) >= 11 is 0. The Labute approximate surface area is 80.5 Å². The van der Waals surface area contributed by atoms with E-state index in [0.717, 1.165) is 12.8 Å². The summed E-state index contributed by atoms with van der Waals surface area (Å²) < 4.78 is 0. The molecule has 0 atom stereocenters. The molecule has 0 saturated heterocycles. The second kappa shape index (κ2) is 11.1. The highest BCUT2D eigenvalue weighted by atomic mass is 16.2. The summed E-state index contributed by atoms with van der Waals surface area (Å²) in [7, 11) is 0. The van der Waals surface area contributed by atoms with Crippen molar-refractivity contribution in [1.82, 2.24) is 0 Å². The zero-order valence-corrected chi connectivity index (χ0v) is 8.46. The van der Waals surface area contributed by atoms with E-state index < -0.39 is 0 Å². The minimum atomic E-state index is 0. The highest BCUT2D eigenvalue weighted by Gasteiger charge is 1.72. The summed E-state index contributed by atoms with van der Waals surface area (Å²) in [5.41, 5.74) is 1.32. The van der Waals surface area contributed by atoms with Gasteiger partial charge in [-0.3, -0.25) is 0 Å². The normalized spacial score (nSPS) is 7.92. The van der Waals surface area contributed by atoms with Crippen molar-refractivity contribution in [1.29, 1.82) is 0 Å². The van der Waals surface area contributed by atoms with Gasteiger partial charge >= 0.3 is 0 Å². The van der Waals surface area contributed by atoms with E-state index in [9.17, 15) is 0 Å². The Hall–Kier alpha value is -0.860. The standard InChI is InChI=1S/C7H8.C4H10O.H2O/c1-7-5-3-2-4-6-7;1-2-3-4-5;/h2-6H,1H3;5H,2-4H2,1H3;1H2. The molecule has 3 N–H and O–H groups in total. The summed E-state index contributed by atoms with van der Waals surface area (Å²) in [6.07, 6.45) is 2.04. The molecule has 0 aliphatic rings. The molecule has 0 bridgehead atoms. The van der Waals surface area contributed by atoms with Gasteiger partial charge in [-0.1, -0.05) is 49.2 Å². The van der Waals surface area contributed by atoms with Crippen LogP contribution in [-0.2, 0) is 0 Å². The number of unbranched alkanes of at least 4 members (excludes halogenated alkanes) is 1. The summed E-state index contributed by atoms with van der Waals surface area (Å²) in [6.45, 7) is 4.48. The second-order valence-corrected chi connectivity index (χ2v) is 2.73. The predicted molar refractivity (Wildman–Crippen MR) is 56.8 cm³/mol. The van der Waals surface area contributed by atoms with Gasteiger partial charge in [-0.25, -0.2) is 0 Å². The minimum absolute atomic E-state index is 0. The number of aliphatic hydroxyl groups excluding tert-OH is 1. The van der Waals surface area contributed by atoms with Gasteiger partial charge in [0.15, 0.2) is 0 Å². The molecule has 0 aliphatic heterocycles. The summed E-state index contributed by atoms with van der Waals surface area (Å²) in [5, 5.41) is 8.07. The van der Waals surface area contributed by atoms with E-state index >= 15 is 0 Å². The maximum atomic E-state index is 8.07. The average molecular weight is 184 g/mol. The van der Waals surface area contributed by atoms with Crippen LogP contribution in [0.25, 0.3) is 0 Å². The first-order valence-electron chi connectivity index (χ1n) is 4.43. The largest absolute Gasteiger partial charge is 0.412 e. The van der Waals surface area contributed by atoms with Crippen molar-refractivity contribution < 1.29 is 10.6 Å². The van der Waals surface area contributed by atoms with Crippen molar-refractivity contribution in [3.8, 4) is 0 Å². The van der Waals surface area contributed by atoms with Crippen LogP contribution >= 0.6 is 0 Å². The lowest BCUT2D eigenvalue weighted by Gasteiger charge is -1.82. The third kappa shape index (κ3) is 11.1. The van der Waals surface area contributed by atoms with Crippen LogP contribution in [0.15, 0.2) is 30.3 Å². The Morgan fingerprint density at radius 2 is 1.69 bits per heavy atom. The van der Waals surface area contributed by atoms with Crippen molar-refractivity contribution in [2.24, 2.45) is 0 Å². The fraction of sp³-hybridized carbons (Fsp3) is 0.455. The van der Waals surface area contributed by atoms with E-state index in [-0.39, 0.29) is 5.48 Å². The molecule has 1 rings (SSSR count). The molecule has 0 amide bonds. The molecular formula is C11H20O2. The van der Waals surface area contributed by atoms with Crippen LogP contribution in [0.1, 0.15) is 25.3 Å². The SMILES string of the molecule is CCCCO.Cc1ccccc1.O. The number of benzene rings is 1. The number of aliphatic hydroxyl groups is 1. The first kappa shape index (κ1) is 14.7. The number of hydrogen-bond acceptors (Lipinski definition) is 1. The maximum Gasteiger partial charge on any atom is 0.0430 e. The third-order valence-electron chi connectivity index (χ3n) is 1.45. The molecule has 0 spiro atoms. The quantitative estimate of drug-likeness (QED) is 0.750. The smallest absolute Gasteiger partial charge is 0.0430 e. The third-order valence-corrected chi connectivity index (χ3v) is 1.45. The number of aryl methyl sites for hydroxylation is 1. The van der Waals surface area contributed by atoms with Crippen LogP contribution in [0.3, 0.4) is 0 Å². The number of hydrogen-bond donors (Lipinski definition) is 1. The summed E-state index contributed by atoms with van der Waals surface area (Å²) in [5.74, 6) is 0. The summed E-state index contributed by atoms with van der Waals surface area (Å²) in [4.78, 5) is 0. The van der Waals surface area contributed by atoms with Crippen molar-refractivity contribution in [2.45, 2.75) is 26.7 Å². The van der Waals surface area contributed by atoms with Crippen molar-refractivity contribution in [3.63, 3.8) is 0 Å². The molecule has 0 unspecified atom stereocenters. The lowest BCUT2D eigenvalue weighted by Crippen LogP contribution is -1.75. The fourth-order valence-electron chi connectivity index (χ4n) is 0.692. The highest BCUT2D eigenvalue weighted by Crippen LogP contribution is 1.92. The monoisotopic (exact) mass is 184 g/mol. The van der Waals surface area contributed by atoms with Crippen LogP contribution in [0.4, 0.5) is 0 Å². The molecule has 76 valence electrons. The van der Waals surface area contributed by atoms with E-state index in [1.165, 1.54) is 5.56 Å². The zero-order valence-electron chi connectivity index (χ0n) is 8.46. The van der Waals surface area contributed by atoms with Crippen LogP contribution in [0.5, 0.6) is 0 Å². The molecule has 0 radical (unpaired) electrons. The van der Waals surface area contributed by atoms with E-state index in [1.54, 1.807) is 0 Å². The molecule has 2 heteroatoms. The summed E-state index contributed by atoms with van der Waals surface area (Å²) in [6, 6.07) is 10.3. The lowest BCUT2D eigenvalue weighted by molar-refractivity contribution is 0.287. The molecule has 13 heavy (non-hydrogen) atoms. The van der Waals surface area contributed by atoms with Gasteiger partial charge in [0.25, 0.3) is 0 Å². The molecule has 0 heterocycles. The van der Waals surface area contributed by atoms with E-state index in [0.29, 0.717) is 6.61 Å². The van der Waals surface area contributed by atoms with Crippen LogP contribution < -0.4 is 0 Å². The van der Waals surface area contributed by atoms with Gasteiger partial charge in [0.1, 0.15) is 0 Å².